The van der Waals surface area contributed by atoms with E-state index in [9.17, 15) is 13.6 Å². The molecule has 0 amide bonds. The molecular formula is C13H14ClF2NO. The smallest absolute Gasteiger partial charge is 0.248 e. The number of Topliss-reactive ketones (excluding diaryl/α,β-unsaturated/α-hetero) is 1. The first-order valence-corrected chi connectivity index (χ1v) is 6.37. The topological polar surface area (TPSA) is 30.0 Å². The van der Waals surface area contributed by atoms with Crippen molar-refractivity contribution < 1.29 is 13.6 Å². The summed E-state index contributed by atoms with van der Waals surface area (Å²) in [5, 5.41) is 0.454. The number of pyridine rings is 1. The number of carbonyl (C=O) groups excluding carboxylic acids is 1. The molecule has 1 aromatic heterocycles. The van der Waals surface area contributed by atoms with Crippen LogP contribution in [0.5, 0.6) is 0 Å². The highest BCUT2D eigenvalue weighted by Crippen LogP contribution is 2.38. The van der Waals surface area contributed by atoms with E-state index in [1.54, 1.807) is 6.07 Å². The van der Waals surface area contributed by atoms with E-state index >= 15 is 0 Å². The summed E-state index contributed by atoms with van der Waals surface area (Å²) < 4.78 is 26.4. The zero-order valence-electron chi connectivity index (χ0n) is 9.83. The van der Waals surface area contributed by atoms with Crippen LogP contribution in [0.25, 0.3) is 0 Å². The molecule has 0 aromatic carbocycles. The van der Waals surface area contributed by atoms with E-state index in [0.717, 1.165) is 0 Å². The first-order valence-electron chi connectivity index (χ1n) is 5.99. The monoisotopic (exact) mass is 273 g/mol. The van der Waals surface area contributed by atoms with Crippen molar-refractivity contribution in [2.75, 3.05) is 0 Å². The van der Waals surface area contributed by atoms with Gasteiger partial charge in [0.25, 0.3) is 0 Å². The van der Waals surface area contributed by atoms with Gasteiger partial charge < -0.3 is 0 Å². The number of alkyl halides is 2. The predicted octanol–water partition coefficient (Wildman–Crippen LogP) is 4.13. The van der Waals surface area contributed by atoms with Gasteiger partial charge in [-0.15, -0.1) is 0 Å². The van der Waals surface area contributed by atoms with Crippen molar-refractivity contribution in [3.8, 4) is 0 Å². The molecule has 1 aliphatic rings. The van der Waals surface area contributed by atoms with Crippen LogP contribution in [0.3, 0.4) is 0 Å². The number of ketones is 1. The van der Waals surface area contributed by atoms with Crippen LogP contribution in [0.15, 0.2) is 18.3 Å². The standard InChI is InChI=1S/C13H14ClF2NO/c14-10-3-4-11(17-8-10)12(18)6-9-2-1-5-13(15,16)7-9/h3-4,8-9H,1-2,5-7H2. The molecule has 1 atom stereocenters. The first-order chi connectivity index (χ1) is 8.46. The van der Waals surface area contributed by atoms with E-state index in [-0.39, 0.29) is 31.0 Å². The summed E-state index contributed by atoms with van der Waals surface area (Å²) in [6.45, 7) is 0. The molecule has 2 nitrogen and oxygen atoms in total. The maximum Gasteiger partial charge on any atom is 0.248 e. The van der Waals surface area contributed by atoms with Crippen LogP contribution in [0, 0.1) is 5.92 Å². The molecule has 1 heterocycles. The third-order valence-electron chi connectivity index (χ3n) is 3.23. The van der Waals surface area contributed by atoms with E-state index in [1.165, 1.54) is 12.3 Å². The second-order valence-corrected chi connectivity index (χ2v) is 5.24. The molecule has 0 N–H and O–H groups in total. The molecule has 0 aliphatic heterocycles. The summed E-state index contributed by atoms with van der Waals surface area (Å²) in [6.07, 6.45) is 2.46. The molecule has 1 aromatic rings. The van der Waals surface area contributed by atoms with E-state index in [0.29, 0.717) is 23.6 Å². The summed E-state index contributed by atoms with van der Waals surface area (Å²) >= 11 is 5.67. The summed E-state index contributed by atoms with van der Waals surface area (Å²) in [7, 11) is 0. The Bertz CT molecular complexity index is 433. The Morgan fingerprint density at radius 3 is 2.89 bits per heavy atom. The first kappa shape index (κ1) is 13.4. The Morgan fingerprint density at radius 1 is 1.50 bits per heavy atom. The fourth-order valence-corrected chi connectivity index (χ4v) is 2.47. The van der Waals surface area contributed by atoms with Gasteiger partial charge in [0.15, 0.2) is 5.78 Å². The fourth-order valence-electron chi connectivity index (χ4n) is 2.36. The molecule has 0 saturated heterocycles. The lowest BCUT2D eigenvalue weighted by Gasteiger charge is -2.28. The van der Waals surface area contributed by atoms with Crippen molar-refractivity contribution in [1.29, 1.82) is 0 Å². The molecular weight excluding hydrogens is 260 g/mol. The molecule has 0 radical (unpaired) electrons. The van der Waals surface area contributed by atoms with Gasteiger partial charge in [-0.05, 0) is 30.9 Å². The lowest BCUT2D eigenvalue weighted by atomic mass is 9.83. The minimum Gasteiger partial charge on any atom is -0.292 e. The van der Waals surface area contributed by atoms with Crippen molar-refractivity contribution in [2.45, 2.75) is 38.0 Å². The predicted molar refractivity (Wildman–Crippen MR) is 65.1 cm³/mol. The molecule has 0 spiro atoms. The Labute approximate surface area is 109 Å². The Kier molecular flexibility index (Phi) is 3.95. The van der Waals surface area contributed by atoms with Crippen molar-refractivity contribution in [3.63, 3.8) is 0 Å². The number of halogens is 3. The second-order valence-electron chi connectivity index (χ2n) is 4.81. The summed E-state index contributed by atoms with van der Waals surface area (Å²) in [4.78, 5) is 15.8. The molecule has 1 fully saturated rings. The maximum atomic E-state index is 13.2. The Balaban J connectivity index is 1.97. The van der Waals surface area contributed by atoms with Gasteiger partial charge in [-0.1, -0.05) is 11.6 Å². The van der Waals surface area contributed by atoms with E-state index < -0.39 is 5.92 Å². The number of hydrogen-bond donors (Lipinski definition) is 0. The molecule has 18 heavy (non-hydrogen) atoms. The molecule has 2 rings (SSSR count). The van der Waals surface area contributed by atoms with Crippen LogP contribution >= 0.6 is 11.6 Å². The van der Waals surface area contributed by atoms with Gasteiger partial charge in [0, 0.05) is 25.5 Å². The zero-order valence-corrected chi connectivity index (χ0v) is 10.6. The van der Waals surface area contributed by atoms with Crippen molar-refractivity contribution >= 4 is 17.4 Å². The van der Waals surface area contributed by atoms with Crippen LogP contribution in [-0.4, -0.2) is 16.7 Å². The average molecular weight is 274 g/mol. The number of hydrogen-bond acceptors (Lipinski definition) is 2. The van der Waals surface area contributed by atoms with Gasteiger partial charge in [0.1, 0.15) is 5.69 Å². The van der Waals surface area contributed by atoms with E-state index in [4.69, 9.17) is 11.6 Å². The van der Waals surface area contributed by atoms with Gasteiger partial charge >= 0.3 is 0 Å². The van der Waals surface area contributed by atoms with Crippen molar-refractivity contribution in [2.24, 2.45) is 5.92 Å². The molecule has 98 valence electrons. The Morgan fingerprint density at radius 2 is 2.28 bits per heavy atom. The largest absolute Gasteiger partial charge is 0.292 e. The molecule has 1 unspecified atom stereocenters. The number of carbonyl (C=O) groups is 1. The Hall–Kier alpha value is -1.03. The lowest BCUT2D eigenvalue weighted by molar-refractivity contribution is -0.0521. The van der Waals surface area contributed by atoms with Gasteiger partial charge in [0.2, 0.25) is 5.92 Å². The van der Waals surface area contributed by atoms with Crippen LogP contribution in [0.4, 0.5) is 8.78 Å². The zero-order chi connectivity index (χ0) is 13.2. The van der Waals surface area contributed by atoms with E-state index in [1.807, 2.05) is 0 Å². The molecule has 5 heteroatoms. The summed E-state index contributed by atoms with van der Waals surface area (Å²) in [5.41, 5.74) is 0.299. The van der Waals surface area contributed by atoms with Gasteiger partial charge in [0.05, 0.1) is 5.02 Å². The fraction of sp³-hybridized carbons (Fsp3) is 0.538. The van der Waals surface area contributed by atoms with Gasteiger partial charge in [-0.25, -0.2) is 8.78 Å². The normalized spacial score (nSPS) is 22.7. The van der Waals surface area contributed by atoms with Gasteiger partial charge in [-0.2, -0.15) is 0 Å². The van der Waals surface area contributed by atoms with Crippen LogP contribution in [0.2, 0.25) is 5.02 Å². The average Bonchev–Trinajstić information content (AvgIpc) is 2.28. The molecule has 0 bridgehead atoms. The lowest BCUT2D eigenvalue weighted by Crippen LogP contribution is -2.27. The highest BCUT2D eigenvalue weighted by atomic mass is 35.5. The SMILES string of the molecule is O=C(CC1CCCC(F)(F)C1)c1ccc(Cl)cn1. The number of aromatic nitrogens is 1. The summed E-state index contributed by atoms with van der Waals surface area (Å²) in [5.74, 6) is -3.04. The minimum absolute atomic E-state index is 0.0586. The summed E-state index contributed by atoms with van der Waals surface area (Å²) in [6, 6.07) is 3.11. The van der Waals surface area contributed by atoms with Gasteiger partial charge in [-0.3, -0.25) is 9.78 Å². The number of nitrogens with zero attached hydrogens (tertiary/aromatic N) is 1. The minimum atomic E-state index is -2.61. The molecule has 1 saturated carbocycles. The van der Waals surface area contributed by atoms with E-state index in [2.05, 4.69) is 4.98 Å². The van der Waals surface area contributed by atoms with Crippen LogP contribution in [-0.2, 0) is 0 Å². The third kappa shape index (κ3) is 3.48. The van der Waals surface area contributed by atoms with Crippen molar-refractivity contribution in [1.82, 2.24) is 4.98 Å². The maximum absolute atomic E-state index is 13.2. The quantitative estimate of drug-likeness (QED) is 0.775. The van der Waals surface area contributed by atoms with Crippen LogP contribution in [0.1, 0.15) is 42.6 Å². The highest BCUT2D eigenvalue weighted by Gasteiger charge is 2.36. The second kappa shape index (κ2) is 5.31. The highest BCUT2D eigenvalue weighted by molar-refractivity contribution is 6.30. The number of rotatable bonds is 3. The van der Waals surface area contributed by atoms with Crippen molar-refractivity contribution in [3.05, 3.63) is 29.0 Å². The molecule has 1 aliphatic carbocycles. The third-order valence-corrected chi connectivity index (χ3v) is 3.45. The van der Waals surface area contributed by atoms with Crippen LogP contribution < -0.4 is 0 Å².